The Morgan fingerprint density at radius 3 is 2.64 bits per heavy atom. The molecule has 0 spiro atoms. The van der Waals surface area contributed by atoms with Crippen molar-refractivity contribution in [2.75, 3.05) is 11.3 Å². The number of hydrogen-bond acceptors (Lipinski definition) is 9. The number of nitrogens with zero attached hydrogens (tertiary/aromatic N) is 3. The molecule has 3 heterocycles. The molecular formula is C30H33N7O5S2. The Labute approximate surface area is 258 Å². The number of benzene rings is 2. The topological polar surface area (TPSA) is 171 Å². The van der Waals surface area contributed by atoms with Crippen molar-refractivity contribution in [2.24, 2.45) is 0 Å². The van der Waals surface area contributed by atoms with Gasteiger partial charge in [-0.2, -0.15) is 0 Å². The summed E-state index contributed by atoms with van der Waals surface area (Å²) in [4.78, 5) is 33.6. The number of H-pyrrole nitrogens is 1. The predicted molar refractivity (Wildman–Crippen MR) is 169 cm³/mol. The number of rotatable bonds is 13. The average molecular weight is 636 g/mol. The van der Waals surface area contributed by atoms with Gasteiger partial charge in [0.2, 0.25) is 0 Å². The number of β-amino-alcohol motifs (C(OH)–C–C–N with tert-alkyl or cyclic N) is 1. The minimum absolute atomic E-state index is 0.158. The molecule has 0 saturated carbocycles. The number of anilines is 1. The minimum Gasteiger partial charge on any atom is -0.387 e. The predicted octanol–water partition coefficient (Wildman–Crippen LogP) is 3.40. The van der Waals surface area contributed by atoms with E-state index >= 15 is 0 Å². The van der Waals surface area contributed by atoms with Gasteiger partial charge in [0.05, 0.1) is 29.4 Å². The van der Waals surface area contributed by atoms with E-state index in [0.29, 0.717) is 40.9 Å². The highest BCUT2D eigenvalue weighted by atomic mass is 32.2. The molecule has 12 nitrogen and oxygen atoms in total. The maximum absolute atomic E-state index is 12.7. The highest BCUT2D eigenvalue weighted by molar-refractivity contribution is 7.92. The van der Waals surface area contributed by atoms with Crippen LogP contribution in [-0.2, 0) is 23.1 Å². The molecule has 44 heavy (non-hydrogen) atoms. The second kappa shape index (κ2) is 13.1. The number of pyridine rings is 1. The van der Waals surface area contributed by atoms with Crippen LogP contribution in [0.2, 0.25) is 0 Å². The van der Waals surface area contributed by atoms with Crippen LogP contribution in [0, 0.1) is 0 Å². The summed E-state index contributed by atoms with van der Waals surface area (Å²) in [5.41, 5.74) is 1.99. The van der Waals surface area contributed by atoms with Crippen molar-refractivity contribution in [3.8, 4) is 0 Å². The lowest BCUT2D eigenvalue weighted by Crippen LogP contribution is -2.42. The van der Waals surface area contributed by atoms with Crippen LogP contribution in [-0.4, -0.2) is 50.4 Å². The van der Waals surface area contributed by atoms with E-state index < -0.39 is 16.1 Å². The quantitative estimate of drug-likeness (QED) is 0.131. The van der Waals surface area contributed by atoms with Crippen LogP contribution in [0.5, 0.6) is 0 Å². The van der Waals surface area contributed by atoms with Gasteiger partial charge < -0.3 is 20.3 Å². The monoisotopic (exact) mass is 635 g/mol. The first kappa shape index (κ1) is 31.1. The second-order valence-electron chi connectivity index (χ2n) is 10.9. The standard InChI is InChI=1S/C30H33N7O5S2/c1-30(2,34-18-26(38)20-7-6-8-22(13-20)36-44(41,42)24-9-4-3-5-10-24)11-12-37-19-33-25-14-21(16-31-28(25)37)29(40)32-17-23-15-27(39)35-43-23/h3-10,13-16,19,26,34,36,38H,11-12,17-18H2,1-2H3,(H,32,40)(H,35,39)/t26-/m0/s1. The Balaban J connectivity index is 1.14. The molecule has 230 valence electrons. The third-order valence-corrected chi connectivity index (χ3v) is 9.27. The Morgan fingerprint density at radius 2 is 1.89 bits per heavy atom. The maximum atomic E-state index is 12.7. The number of aromatic amines is 1. The SMILES string of the molecule is CC(C)(CCn1cnc2cc(C(=O)NCc3cc(=O)[nH]s3)cnc21)NC[C@H](O)c1cccc(NS(=O)(=O)c2ccccc2)c1. The van der Waals surface area contributed by atoms with Gasteiger partial charge in [-0.05, 0) is 56.2 Å². The van der Waals surface area contributed by atoms with Crippen molar-refractivity contribution < 1.29 is 18.3 Å². The van der Waals surface area contributed by atoms with Gasteiger partial charge in [-0.25, -0.2) is 18.4 Å². The van der Waals surface area contributed by atoms with Crippen molar-refractivity contribution >= 4 is 44.3 Å². The largest absolute Gasteiger partial charge is 0.387 e. The molecule has 0 aliphatic heterocycles. The zero-order valence-corrected chi connectivity index (χ0v) is 25.8. The fourth-order valence-electron chi connectivity index (χ4n) is 4.52. The highest BCUT2D eigenvalue weighted by Gasteiger charge is 2.21. The number of aliphatic hydroxyl groups is 1. The summed E-state index contributed by atoms with van der Waals surface area (Å²) >= 11 is 1.18. The van der Waals surface area contributed by atoms with Crippen LogP contribution in [0.15, 0.2) is 88.9 Å². The smallest absolute Gasteiger partial charge is 0.261 e. The average Bonchev–Trinajstić information content (AvgIpc) is 3.63. The number of carbonyl (C=O) groups is 1. The van der Waals surface area contributed by atoms with Crippen LogP contribution >= 0.6 is 11.5 Å². The van der Waals surface area contributed by atoms with Crippen LogP contribution in [0.4, 0.5) is 5.69 Å². The molecule has 0 unspecified atom stereocenters. The maximum Gasteiger partial charge on any atom is 0.261 e. The molecule has 0 aliphatic carbocycles. The van der Waals surface area contributed by atoms with E-state index in [4.69, 9.17) is 0 Å². The van der Waals surface area contributed by atoms with Crippen LogP contribution in [0.1, 0.15) is 47.2 Å². The van der Waals surface area contributed by atoms with E-state index in [0.717, 1.165) is 4.88 Å². The molecule has 0 bridgehead atoms. The lowest BCUT2D eigenvalue weighted by atomic mass is 9.99. The van der Waals surface area contributed by atoms with E-state index in [9.17, 15) is 23.1 Å². The number of fused-ring (bicyclic) bond motifs is 1. The molecule has 1 atom stereocenters. The molecule has 14 heteroatoms. The Bertz CT molecular complexity index is 1920. The third kappa shape index (κ3) is 7.77. The molecule has 5 aromatic rings. The van der Waals surface area contributed by atoms with Crippen LogP contribution in [0.25, 0.3) is 11.2 Å². The van der Waals surface area contributed by atoms with Gasteiger partial charge in [-0.3, -0.25) is 18.7 Å². The number of nitrogens with one attached hydrogen (secondary N) is 4. The zero-order valence-electron chi connectivity index (χ0n) is 24.1. The van der Waals surface area contributed by atoms with Crippen LogP contribution < -0.4 is 20.9 Å². The summed E-state index contributed by atoms with van der Waals surface area (Å²) in [6, 6.07) is 17.9. The number of carbonyl (C=O) groups excluding carboxylic acids is 1. The van der Waals surface area contributed by atoms with Gasteiger partial charge in [0, 0.05) is 41.5 Å². The van der Waals surface area contributed by atoms with E-state index in [1.807, 2.05) is 18.4 Å². The number of sulfonamides is 1. The van der Waals surface area contributed by atoms with Crippen LogP contribution in [0.3, 0.4) is 0 Å². The van der Waals surface area contributed by atoms with Gasteiger partial charge in [0.25, 0.3) is 21.5 Å². The Morgan fingerprint density at radius 1 is 1.09 bits per heavy atom. The highest BCUT2D eigenvalue weighted by Crippen LogP contribution is 2.22. The van der Waals surface area contributed by atoms with Gasteiger partial charge in [0.15, 0.2) is 5.65 Å². The fraction of sp³-hybridized carbons (Fsp3) is 0.267. The third-order valence-electron chi connectivity index (χ3n) is 7.04. The summed E-state index contributed by atoms with van der Waals surface area (Å²) in [6.45, 7) is 5.14. The number of aryl methyl sites for hydroxylation is 1. The lowest BCUT2D eigenvalue weighted by molar-refractivity contribution is 0.0951. The van der Waals surface area contributed by atoms with E-state index in [2.05, 4.69) is 29.7 Å². The van der Waals surface area contributed by atoms with Crippen molar-refractivity contribution in [3.05, 3.63) is 106 Å². The van der Waals surface area contributed by atoms with Crippen molar-refractivity contribution in [1.82, 2.24) is 29.5 Å². The first-order chi connectivity index (χ1) is 21.0. The lowest BCUT2D eigenvalue weighted by Gasteiger charge is -2.28. The van der Waals surface area contributed by atoms with E-state index in [-0.39, 0.29) is 35.0 Å². The van der Waals surface area contributed by atoms with Gasteiger partial charge in [0.1, 0.15) is 5.52 Å². The first-order valence-corrected chi connectivity index (χ1v) is 16.2. The summed E-state index contributed by atoms with van der Waals surface area (Å²) in [7, 11) is -3.75. The fourth-order valence-corrected chi connectivity index (χ4v) is 6.19. The molecule has 1 amide bonds. The Kier molecular flexibility index (Phi) is 9.25. The summed E-state index contributed by atoms with van der Waals surface area (Å²) in [5.74, 6) is -0.308. The van der Waals surface area contributed by atoms with Gasteiger partial charge in [-0.1, -0.05) is 41.9 Å². The number of amides is 1. The molecular weight excluding hydrogens is 603 g/mol. The normalized spacial score (nSPS) is 12.7. The van der Waals surface area contributed by atoms with E-state index in [1.165, 1.54) is 35.9 Å². The molecule has 0 fully saturated rings. The number of aliphatic hydroxyl groups excluding tert-OH is 1. The Hall–Kier alpha value is -4.37. The molecule has 5 N–H and O–H groups in total. The zero-order chi connectivity index (χ0) is 31.3. The molecule has 3 aromatic heterocycles. The van der Waals surface area contributed by atoms with Gasteiger partial charge >= 0.3 is 0 Å². The molecule has 0 saturated heterocycles. The summed E-state index contributed by atoms with van der Waals surface area (Å²) in [5, 5.41) is 17.1. The van der Waals surface area contributed by atoms with Crippen molar-refractivity contribution in [3.63, 3.8) is 0 Å². The van der Waals surface area contributed by atoms with E-state index in [1.54, 1.807) is 54.9 Å². The number of imidazole rings is 1. The summed E-state index contributed by atoms with van der Waals surface area (Å²) < 4.78 is 32.4. The summed E-state index contributed by atoms with van der Waals surface area (Å²) in [6.07, 6.45) is 3.01. The minimum atomic E-state index is -3.75. The van der Waals surface area contributed by atoms with Gasteiger partial charge in [-0.15, -0.1) is 0 Å². The first-order valence-electron chi connectivity index (χ1n) is 13.9. The molecule has 0 aliphatic rings. The second-order valence-corrected chi connectivity index (χ2v) is 13.6. The van der Waals surface area contributed by atoms with Crippen molar-refractivity contribution in [1.29, 1.82) is 0 Å². The number of hydrogen-bond donors (Lipinski definition) is 5. The molecule has 2 aromatic carbocycles. The molecule has 5 rings (SSSR count). The van der Waals surface area contributed by atoms with Crippen molar-refractivity contribution in [2.45, 2.75) is 49.9 Å². The number of aromatic nitrogens is 4. The molecule has 0 radical (unpaired) electrons.